The third-order valence-electron chi connectivity index (χ3n) is 4.26. The molecule has 4 nitrogen and oxygen atoms in total. The lowest BCUT2D eigenvalue weighted by molar-refractivity contribution is 0.0986. The Morgan fingerprint density at radius 3 is 1.63 bits per heavy atom. The number of anilines is 2. The van der Waals surface area contributed by atoms with Crippen LogP contribution in [0.4, 0.5) is 11.4 Å². The van der Waals surface area contributed by atoms with Gasteiger partial charge in [0.1, 0.15) is 0 Å². The van der Waals surface area contributed by atoms with Crippen LogP contribution >= 0.6 is 0 Å². The van der Waals surface area contributed by atoms with Gasteiger partial charge in [-0.2, -0.15) is 0 Å². The van der Waals surface area contributed by atoms with E-state index in [2.05, 4.69) is 6.58 Å². The minimum Gasteiger partial charge on any atom is -0.311 e. The minimum atomic E-state index is -0.160. The Morgan fingerprint density at radius 1 is 0.704 bits per heavy atom. The van der Waals surface area contributed by atoms with Crippen LogP contribution in [0.2, 0.25) is 0 Å². The fraction of sp³-hybridized carbons (Fsp3) is 0.0435. The number of carbonyl (C=O) groups is 2. The smallest absolute Gasteiger partial charge is 0.262 e. The van der Waals surface area contributed by atoms with E-state index in [9.17, 15) is 9.59 Å². The lowest BCUT2D eigenvalue weighted by Crippen LogP contribution is -2.27. The first-order chi connectivity index (χ1) is 13.1. The Hall–Kier alpha value is -3.66. The Balaban J connectivity index is 1.80. The topological polar surface area (TPSA) is 40.6 Å². The summed E-state index contributed by atoms with van der Waals surface area (Å²) < 4.78 is 0. The highest BCUT2D eigenvalue weighted by Gasteiger charge is 2.16. The van der Waals surface area contributed by atoms with Crippen molar-refractivity contribution in [2.45, 2.75) is 0 Å². The lowest BCUT2D eigenvalue weighted by atomic mass is 10.1. The largest absolute Gasteiger partial charge is 0.311 e. The molecule has 0 spiro atoms. The van der Waals surface area contributed by atoms with E-state index >= 15 is 0 Å². The first-order valence-corrected chi connectivity index (χ1v) is 8.56. The van der Waals surface area contributed by atoms with Gasteiger partial charge in [0.05, 0.1) is 0 Å². The monoisotopic (exact) mass is 356 g/mol. The summed E-state index contributed by atoms with van der Waals surface area (Å²) in [7, 11) is 1.73. The molecule has 3 aromatic carbocycles. The molecule has 3 aromatic rings. The van der Waals surface area contributed by atoms with Crippen molar-refractivity contribution in [1.29, 1.82) is 0 Å². The molecule has 0 radical (unpaired) electrons. The van der Waals surface area contributed by atoms with Crippen molar-refractivity contribution in [3.8, 4) is 0 Å². The number of rotatable bonds is 5. The molecule has 0 atom stereocenters. The summed E-state index contributed by atoms with van der Waals surface area (Å²) in [6.07, 6.45) is 1.49. The third kappa shape index (κ3) is 3.96. The molecule has 0 saturated carbocycles. The van der Waals surface area contributed by atoms with Crippen LogP contribution in [-0.2, 0) is 0 Å². The SMILES string of the molecule is C=CN(C(=O)c1ccccc1)c1ccc(N(C)C(=O)c2ccccc2)cc1. The molecule has 27 heavy (non-hydrogen) atoms. The number of benzene rings is 3. The van der Waals surface area contributed by atoms with Crippen molar-refractivity contribution in [1.82, 2.24) is 0 Å². The van der Waals surface area contributed by atoms with Crippen LogP contribution in [0.5, 0.6) is 0 Å². The van der Waals surface area contributed by atoms with Gasteiger partial charge in [-0.1, -0.05) is 43.0 Å². The van der Waals surface area contributed by atoms with E-state index in [-0.39, 0.29) is 11.8 Å². The van der Waals surface area contributed by atoms with E-state index < -0.39 is 0 Å². The molecule has 0 aliphatic rings. The number of hydrogen-bond donors (Lipinski definition) is 0. The molecule has 0 aliphatic carbocycles. The van der Waals surface area contributed by atoms with Gasteiger partial charge in [-0.25, -0.2) is 0 Å². The summed E-state index contributed by atoms with van der Waals surface area (Å²) in [5, 5.41) is 0. The second-order valence-corrected chi connectivity index (χ2v) is 5.97. The molecular formula is C23H20N2O2. The fourth-order valence-electron chi connectivity index (χ4n) is 2.75. The van der Waals surface area contributed by atoms with Gasteiger partial charge in [0.2, 0.25) is 0 Å². The van der Waals surface area contributed by atoms with Gasteiger partial charge in [-0.15, -0.1) is 0 Å². The van der Waals surface area contributed by atoms with Gasteiger partial charge in [0, 0.05) is 35.7 Å². The first-order valence-electron chi connectivity index (χ1n) is 8.56. The summed E-state index contributed by atoms with van der Waals surface area (Å²) in [6, 6.07) is 25.4. The van der Waals surface area contributed by atoms with Crippen molar-refractivity contribution < 1.29 is 9.59 Å². The average Bonchev–Trinajstić information content (AvgIpc) is 2.75. The zero-order chi connectivity index (χ0) is 19.2. The van der Waals surface area contributed by atoms with Crippen molar-refractivity contribution >= 4 is 23.2 Å². The zero-order valence-electron chi connectivity index (χ0n) is 15.1. The highest BCUT2D eigenvalue weighted by Crippen LogP contribution is 2.23. The highest BCUT2D eigenvalue weighted by atomic mass is 16.2. The molecule has 0 aromatic heterocycles. The number of carbonyl (C=O) groups excluding carboxylic acids is 2. The van der Waals surface area contributed by atoms with E-state index in [1.54, 1.807) is 48.3 Å². The Kier molecular flexibility index (Phi) is 5.47. The zero-order valence-corrected chi connectivity index (χ0v) is 15.1. The summed E-state index contributed by atoms with van der Waals surface area (Å²) in [4.78, 5) is 28.3. The van der Waals surface area contributed by atoms with Crippen molar-refractivity contribution in [3.05, 3.63) is 109 Å². The Labute approximate surface area is 159 Å². The molecule has 134 valence electrons. The summed E-state index contributed by atoms with van der Waals surface area (Å²) in [5.74, 6) is -0.253. The quantitative estimate of drug-likeness (QED) is 0.662. The van der Waals surface area contributed by atoms with Crippen LogP contribution in [0.15, 0.2) is 97.7 Å². The van der Waals surface area contributed by atoms with Crippen LogP contribution < -0.4 is 9.80 Å². The molecule has 0 saturated heterocycles. The van der Waals surface area contributed by atoms with Gasteiger partial charge < -0.3 is 4.90 Å². The predicted molar refractivity (Wildman–Crippen MR) is 109 cm³/mol. The van der Waals surface area contributed by atoms with Gasteiger partial charge >= 0.3 is 0 Å². The average molecular weight is 356 g/mol. The van der Waals surface area contributed by atoms with Crippen LogP contribution in [0.3, 0.4) is 0 Å². The molecule has 4 heteroatoms. The third-order valence-corrected chi connectivity index (χ3v) is 4.26. The number of nitrogens with zero attached hydrogens (tertiary/aromatic N) is 2. The minimum absolute atomic E-state index is 0.0933. The van der Waals surface area contributed by atoms with Gasteiger partial charge in [-0.3, -0.25) is 14.5 Å². The van der Waals surface area contributed by atoms with Crippen LogP contribution in [0.1, 0.15) is 20.7 Å². The molecule has 0 N–H and O–H groups in total. The summed E-state index contributed by atoms with van der Waals surface area (Å²) in [6.45, 7) is 3.75. The predicted octanol–water partition coefficient (Wildman–Crippen LogP) is 4.75. The highest BCUT2D eigenvalue weighted by molar-refractivity contribution is 6.08. The van der Waals surface area contributed by atoms with Crippen LogP contribution in [0, 0.1) is 0 Å². The van der Waals surface area contributed by atoms with Gasteiger partial charge in [0.25, 0.3) is 11.8 Å². The Morgan fingerprint density at radius 2 is 1.15 bits per heavy atom. The second kappa shape index (κ2) is 8.15. The van der Waals surface area contributed by atoms with E-state index in [4.69, 9.17) is 0 Å². The van der Waals surface area contributed by atoms with Crippen molar-refractivity contribution in [2.24, 2.45) is 0 Å². The maximum atomic E-state index is 12.7. The molecule has 0 heterocycles. The normalized spacial score (nSPS) is 10.1. The maximum Gasteiger partial charge on any atom is 0.262 e. The second-order valence-electron chi connectivity index (χ2n) is 5.97. The summed E-state index contributed by atoms with van der Waals surface area (Å²) >= 11 is 0. The molecule has 3 rings (SSSR count). The van der Waals surface area contributed by atoms with Gasteiger partial charge in [-0.05, 0) is 48.5 Å². The molecule has 0 unspecified atom stereocenters. The Bertz CT molecular complexity index is 935. The van der Waals surface area contributed by atoms with Gasteiger partial charge in [0.15, 0.2) is 0 Å². The standard InChI is InChI=1S/C23H20N2O2/c1-3-25(23(27)19-12-8-5-9-13-19)21-16-14-20(15-17-21)24(2)22(26)18-10-6-4-7-11-18/h3-17H,1H2,2H3. The molecule has 2 amide bonds. The van der Waals surface area contributed by atoms with E-state index in [0.29, 0.717) is 16.8 Å². The molecule has 0 aliphatic heterocycles. The number of amides is 2. The molecular weight excluding hydrogens is 336 g/mol. The molecule has 0 bridgehead atoms. The lowest BCUT2D eigenvalue weighted by Gasteiger charge is -2.21. The fourth-order valence-corrected chi connectivity index (χ4v) is 2.75. The number of hydrogen-bond acceptors (Lipinski definition) is 2. The van der Waals surface area contributed by atoms with Crippen LogP contribution in [-0.4, -0.2) is 18.9 Å². The van der Waals surface area contributed by atoms with Crippen LogP contribution in [0.25, 0.3) is 0 Å². The van der Waals surface area contributed by atoms with E-state index in [0.717, 1.165) is 5.69 Å². The van der Waals surface area contributed by atoms with Crippen molar-refractivity contribution in [2.75, 3.05) is 16.8 Å². The maximum absolute atomic E-state index is 12.7. The van der Waals surface area contributed by atoms with E-state index in [1.165, 1.54) is 11.1 Å². The van der Waals surface area contributed by atoms with Crippen molar-refractivity contribution in [3.63, 3.8) is 0 Å². The van der Waals surface area contributed by atoms with E-state index in [1.807, 2.05) is 48.5 Å². The summed E-state index contributed by atoms with van der Waals surface area (Å²) in [5.41, 5.74) is 2.63. The molecule has 0 fully saturated rings. The first kappa shape index (κ1) is 18.1.